The molecule has 2 fully saturated rings. The van der Waals surface area contributed by atoms with E-state index in [0.717, 1.165) is 37.4 Å². The monoisotopic (exact) mass is 377 g/mol. The number of aromatic nitrogens is 3. The summed E-state index contributed by atoms with van der Waals surface area (Å²) in [7, 11) is 0. The van der Waals surface area contributed by atoms with Crippen LogP contribution in [-0.4, -0.2) is 52.2 Å². The van der Waals surface area contributed by atoms with Crippen molar-refractivity contribution in [3.63, 3.8) is 0 Å². The van der Waals surface area contributed by atoms with E-state index >= 15 is 0 Å². The van der Waals surface area contributed by atoms with Gasteiger partial charge >= 0.3 is 0 Å². The first-order chi connectivity index (χ1) is 12.2. The molecule has 4 heterocycles. The highest BCUT2D eigenvalue weighted by atomic mass is 35.5. The molecule has 9 heteroatoms. The maximum atomic E-state index is 7.51. The lowest BCUT2D eigenvalue weighted by molar-refractivity contribution is 0.354. The molecule has 0 unspecified atom stereocenters. The number of halogens is 1. The second-order valence-corrected chi connectivity index (χ2v) is 6.73. The van der Waals surface area contributed by atoms with E-state index in [1.807, 2.05) is 23.2 Å². The Morgan fingerprint density at radius 1 is 1.19 bits per heavy atom. The van der Waals surface area contributed by atoms with Gasteiger partial charge in [-0.25, -0.2) is 4.98 Å². The van der Waals surface area contributed by atoms with Gasteiger partial charge in [0.2, 0.25) is 11.7 Å². The molecule has 3 N–H and O–H groups in total. The average molecular weight is 378 g/mol. The summed E-state index contributed by atoms with van der Waals surface area (Å²) in [6.45, 7) is 3.56. The summed E-state index contributed by atoms with van der Waals surface area (Å²) in [5, 5.41) is 11.6. The molecule has 0 spiro atoms. The van der Waals surface area contributed by atoms with E-state index in [4.69, 9.17) is 15.7 Å². The molecule has 0 aromatic carbocycles. The van der Waals surface area contributed by atoms with Crippen molar-refractivity contribution in [2.24, 2.45) is 5.73 Å². The number of nitrogens with zero attached hydrogens (tertiary/aromatic N) is 5. The predicted octanol–water partition coefficient (Wildman–Crippen LogP) is 2.23. The van der Waals surface area contributed by atoms with Crippen LogP contribution in [0.15, 0.2) is 22.9 Å². The highest BCUT2D eigenvalue weighted by Crippen LogP contribution is 2.28. The molecular weight excluding hydrogens is 354 g/mol. The van der Waals surface area contributed by atoms with E-state index in [0.29, 0.717) is 18.3 Å². The molecule has 0 saturated carbocycles. The molecule has 0 radical (unpaired) electrons. The van der Waals surface area contributed by atoms with E-state index in [1.54, 1.807) is 0 Å². The van der Waals surface area contributed by atoms with E-state index in [1.165, 1.54) is 19.3 Å². The summed E-state index contributed by atoms with van der Waals surface area (Å²) in [5.41, 5.74) is 6.40. The van der Waals surface area contributed by atoms with Crippen LogP contribution < -0.4 is 10.6 Å². The molecule has 2 aliphatic heterocycles. The van der Waals surface area contributed by atoms with Gasteiger partial charge in [0.25, 0.3) is 0 Å². The van der Waals surface area contributed by atoms with Gasteiger partial charge in [0, 0.05) is 37.9 Å². The Labute approximate surface area is 158 Å². The van der Waals surface area contributed by atoms with Crippen molar-refractivity contribution in [1.29, 1.82) is 5.41 Å². The molecule has 0 aliphatic carbocycles. The summed E-state index contributed by atoms with van der Waals surface area (Å²) in [4.78, 5) is 13.2. The second-order valence-electron chi connectivity index (χ2n) is 6.73. The summed E-state index contributed by atoms with van der Waals surface area (Å²) in [6.07, 6.45) is 6.46. The summed E-state index contributed by atoms with van der Waals surface area (Å²) in [6, 6.07) is 4.03. The quantitative estimate of drug-likeness (QED) is 0.623. The molecule has 2 saturated heterocycles. The second kappa shape index (κ2) is 7.90. The lowest BCUT2D eigenvalue weighted by Crippen LogP contribution is -2.34. The number of nitrogens with one attached hydrogen (secondary N) is 1. The number of anilines is 1. The van der Waals surface area contributed by atoms with Crippen LogP contribution in [0.25, 0.3) is 11.4 Å². The van der Waals surface area contributed by atoms with Gasteiger partial charge in [0.1, 0.15) is 5.82 Å². The van der Waals surface area contributed by atoms with Crippen molar-refractivity contribution in [2.75, 3.05) is 31.1 Å². The van der Waals surface area contributed by atoms with E-state index in [2.05, 4.69) is 20.0 Å². The Bertz CT molecular complexity index is 742. The maximum Gasteiger partial charge on any atom is 0.231 e. The Morgan fingerprint density at radius 3 is 2.65 bits per heavy atom. The molecule has 0 bridgehead atoms. The minimum Gasteiger partial charge on any atom is -0.370 e. The van der Waals surface area contributed by atoms with Gasteiger partial charge in [-0.15, -0.1) is 12.4 Å². The third-order valence-electron chi connectivity index (χ3n) is 5.01. The lowest BCUT2D eigenvalue weighted by atomic mass is 10.1. The van der Waals surface area contributed by atoms with Crippen LogP contribution in [-0.2, 0) is 0 Å². The van der Waals surface area contributed by atoms with E-state index in [-0.39, 0.29) is 24.3 Å². The van der Waals surface area contributed by atoms with Crippen molar-refractivity contribution in [2.45, 2.75) is 31.6 Å². The molecule has 2 aromatic heterocycles. The lowest BCUT2D eigenvalue weighted by Gasteiger charge is -2.27. The number of rotatable bonds is 3. The SMILES string of the molecule is Cl.N=C(N)N1CC[C@@H](c2nc(-c3ccc(N4CCCCC4)nc3)no2)C1. The van der Waals surface area contributed by atoms with Crippen LogP contribution in [0, 0.1) is 5.41 Å². The maximum absolute atomic E-state index is 7.51. The van der Waals surface area contributed by atoms with Crippen LogP contribution >= 0.6 is 12.4 Å². The van der Waals surface area contributed by atoms with Gasteiger partial charge in [0.15, 0.2) is 5.96 Å². The minimum atomic E-state index is 0. The summed E-state index contributed by atoms with van der Waals surface area (Å²) < 4.78 is 5.44. The van der Waals surface area contributed by atoms with E-state index in [9.17, 15) is 0 Å². The molecule has 140 valence electrons. The van der Waals surface area contributed by atoms with Gasteiger partial charge in [-0.2, -0.15) is 4.98 Å². The first-order valence-corrected chi connectivity index (χ1v) is 8.84. The number of likely N-dealkylation sites (tertiary alicyclic amines) is 1. The fourth-order valence-electron chi connectivity index (χ4n) is 3.53. The molecule has 1 atom stereocenters. The molecule has 4 rings (SSSR count). The first kappa shape index (κ1) is 18.4. The largest absolute Gasteiger partial charge is 0.370 e. The van der Waals surface area contributed by atoms with Gasteiger partial charge in [-0.05, 0) is 37.8 Å². The van der Waals surface area contributed by atoms with Crippen LogP contribution in [0.1, 0.15) is 37.5 Å². The Hall–Kier alpha value is -2.35. The number of hydrogen-bond donors (Lipinski definition) is 2. The van der Waals surface area contributed by atoms with Crippen LogP contribution in [0.2, 0.25) is 0 Å². The fraction of sp³-hybridized carbons (Fsp3) is 0.529. The highest BCUT2D eigenvalue weighted by Gasteiger charge is 2.29. The van der Waals surface area contributed by atoms with Crippen LogP contribution in [0.3, 0.4) is 0 Å². The Balaban J connectivity index is 0.00000196. The zero-order chi connectivity index (χ0) is 17.2. The normalized spacial score (nSPS) is 20.1. The zero-order valence-corrected chi connectivity index (χ0v) is 15.4. The average Bonchev–Trinajstić information content (AvgIpc) is 3.32. The molecule has 2 aromatic rings. The molecule has 2 aliphatic rings. The third-order valence-corrected chi connectivity index (χ3v) is 5.01. The molecular formula is C17H24ClN7O. The summed E-state index contributed by atoms with van der Waals surface area (Å²) in [5.74, 6) is 2.42. The van der Waals surface area contributed by atoms with Crippen molar-refractivity contribution in [3.05, 3.63) is 24.2 Å². The first-order valence-electron chi connectivity index (χ1n) is 8.84. The van der Waals surface area contributed by atoms with Crippen molar-refractivity contribution >= 4 is 24.2 Å². The van der Waals surface area contributed by atoms with Gasteiger partial charge < -0.3 is 20.1 Å². The number of guanidine groups is 1. The van der Waals surface area contributed by atoms with Gasteiger partial charge in [0.05, 0.1) is 5.92 Å². The van der Waals surface area contributed by atoms with Gasteiger partial charge in [-0.1, -0.05) is 5.16 Å². The van der Waals surface area contributed by atoms with E-state index < -0.39 is 0 Å². The van der Waals surface area contributed by atoms with Crippen molar-refractivity contribution in [3.8, 4) is 11.4 Å². The molecule has 8 nitrogen and oxygen atoms in total. The number of pyridine rings is 1. The standard InChI is InChI=1S/C17H23N7O.ClH/c18-17(19)24-9-6-13(11-24)16-21-15(22-25-16)12-4-5-14(20-10-12)23-7-2-1-3-8-23;/h4-5,10,13H,1-3,6-9,11H2,(H3,18,19);1H/t13-;/m1./s1. The topological polar surface area (TPSA) is 108 Å². The van der Waals surface area contributed by atoms with Crippen molar-refractivity contribution in [1.82, 2.24) is 20.0 Å². The minimum absolute atomic E-state index is 0. The predicted molar refractivity (Wildman–Crippen MR) is 102 cm³/mol. The summed E-state index contributed by atoms with van der Waals surface area (Å²) >= 11 is 0. The third kappa shape index (κ3) is 3.75. The molecule has 26 heavy (non-hydrogen) atoms. The Kier molecular flexibility index (Phi) is 5.61. The van der Waals surface area contributed by atoms with Crippen molar-refractivity contribution < 1.29 is 4.52 Å². The number of nitrogens with two attached hydrogens (primary N) is 1. The zero-order valence-electron chi connectivity index (χ0n) is 14.6. The van der Waals surface area contributed by atoms with Crippen LogP contribution in [0.4, 0.5) is 5.82 Å². The highest BCUT2D eigenvalue weighted by molar-refractivity contribution is 5.85. The molecule has 0 amide bonds. The van der Waals surface area contributed by atoms with Crippen LogP contribution in [0.5, 0.6) is 0 Å². The number of piperidine rings is 1. The Morgan fingerprint density at radius 2 is 2.00 bits per heavy atom. The van der Waals surface area contributed by atoms with Gasteiger partial charge in [-0.3, -0.25) is 5.41 Å². The number of hydrogen-bond acceptors (Lipinski definition) is 6. The smallest absolute Gasteiger partial charge is 0.231 e. The fourth-order valence-corrected chi connectivity index (χ4v) is 3.53.